The molecule has 0 N–H and O–H groups in total. The van der Waals surface area contributed by atoms with E-state index in [0.717, 1.165) is 0 Å². The maximum atomic E-state index is 2.97. The van der Waals surface area contributed by atoms with Crippen LogP contribution in [0.15, 0.2) is 0 Å². The summed E-state index contributed by atoms with van der Waals surface area (Å²) in [6.07, 6.45) is 0. The molecule has 0 aliphatic carbocycles. The van der Waals surface area contributed by atoms with Gasteiger partial charge in [0.15, 0.2) is 0 Å². The van der Waals surface area contributed by atoms with Gasteiger partial charge in [0.25, 0.3) is 0 Å². The summed E-state index contributed by atoms with van der Waals surface area (Å²) >= 11 is 0. The number of hydrogen-bond acceptors (Lipinski definition) is 0. The van der Waals surface area contributed by atoms with Crippen LogP contribution in [0.25, 0.3) is 0 Å². The molecule has 0 fully saturated rings. The summed E-state index contributed by atoms with van der Waals surface area (Å²) < 4.78 is 0.278. The SMILES string of the molecule is C[14C][N+]([14C]C)([14C]C)[14C]C. The normalized spacial score (nSPS) is 12.0. The molecule has 1 nitrogen and oxygen atoms in total. The van der Waals surface area contributed by atoms with Gasteiger partial charge in [-0.25, -0.2) is 0 Å². The quantitative estimate of drug-likeness (QED) is 0.511. The van der Waals surface area contributed by atoms with Crippen molar-refractivity contribution < 1.29 is 4.48 Å². The lowest BCUT2D eigenvalue weighted by Gasteiger charge is -2.24. The first-order valence-electron chi connectivity index (χ1n) is 2.89. The first-order valence-corrected chi connectivity index (χ1v) is 2.89. The fourth-order valence-electron chi connectivity index (χ4n) is 0.671. The fourth-order valence-corrected chi connectivity index (χ4v) is 0.671. The van der Waals surface area contributed by atoms with Crippen molar-refractivity contribution in [2.24, 2.45) is 0 Å². The van der Waals surface area contributed by atoms with Gasteiger partial charge in [0.05, 0.1) is 0 Å². The van der Waals surface area contributed by atoms with Crippen molar-refractivity contribution in [3.63, 3.8) is 0 Å². The monoisotopic (exact) mass is 130 g/mol. The second-order valence-corrected chi connectivity index (χ2v) is 1.57. The second-order valence-electron chi connectivity index (χ2n) is 1.57. The van der Waals surface area contributed by atoms with E-state index in [1.54, 1.807) is 0 Å². The van der Waals surface area contributed by atoms with Crippen LogP contribution < -0.4 is 0 Å². The van der Waals surface area contributed by atoms with E-state index in [2.05, 4.69) is 26.2 Å². The maximum absolute atomic E-state index is 2.97. The van der Waals surface area contributed by atoms with Crippen LogP contribution in [-0.2, 0) is 0 Å². The third-order valence-corrected chi connectivity index (χ3v) is 1.34. The van der Waals surface area contributed by atoms with Crippen molar-refractivity contribution in [3.05, 3.63) is 26.2 Å². The minimum Gasteiger partial charge on any atom is -0.261 e. The predicted molar refractivity (Wildman–Crippen MR) is 35.9 cm³/mol. The lowest BCUT2D eigenvalue weighted by Crippen LogP contribution is -2.33. The number of quaternary nitrogens is 1. The Balaban J connectivity index is 3.82. The van der Waals surface area contributed by atoms with Crippen LogP contribution in [0.1, 0.15) is 27.7 Å². The minimum absolute atomic E-state index is 0.278. The largest absolute Gasteiger partial charge is 0.261 e. The van der Waals surface area contributed by atoms with Crippen molar-refractivity contribution in [1.82, 2.24) is 0 Å². The third-order valence-electron chi connectivity index (χ3n) is 1.34. The van der Waals surface area contributed by atoms with Gasteiger partial charge < -0.3 is 0 Å². The fraction of sp³-hybridized carbons (Fsp3) is 0.500. The third kappa shape index (κ3) is 1.98. The van der Waals surface area contributed by atoms with Gasteiger partial charge in [0.2, 0.25) is 26.2 Å². The van der Waals surface area contributed by atoms with Gasteiger partial charge in [-0.2, -0.15) is 0 Å². The molecule has 0 aliphatic rings. The predicted octanol–water partition coefficient (Wildman–Crippen LogP) is 2.04. The molecule has 0 saturated carbocycles. The molecule has 0 bridgehead atoms. The maximum Gasteiger partial charge on any atom is 0.221 e. The molecule has 0 aromatic rings. The molecule has 0 aliphatic heterocycles. The Morgan fingerprint density at radius 2 is 0.889 bits per heavy atom. The first-order chi connectivity index (χ1) is 4.24. The second kappa shape index (κ2) is 3.89. The van der Waals surface area contributed by atoms with E-state index in [-0.39, 0.29) is 4.48 Å². The Labute approximate surface area is 59.3 Å². The van der Waals surface area contributed by atoms with E-state index in [9.17, 15) is 0 Å². The molecule has 0 aromatic heterocycles. The van der Waals surface area contributed by atoms with E-state index in [1.807, 2.05) is 27.7 Å². The van der Waals surface area contributed by atoms with Crippen molar-refractivity contribution in [2.45, 2.75) is 27.7 Å². The molecular formula is C8H12N+. The van der Waals surface area contributed by atoms with E-state index in [1.165, 1.54) is 0 Å². The Morgan fingerprint density at radius 1 is 0.667 bits per heavy atom. The molecule has 0 aromatic carbocycles. The van der Waals surface area contributed by atoms with Gasteiger partial charge >= 0.3 is 0 Å². The van der Waals surface area contributed by atoms with Crippen LogP contribution in [0, 0.1) is 26.2 Å². The molecule has 0 saturated heterocycles. The average molecular weight is 130 g/mol. The molecule has 48 valence electrons. The van der Waals surface area contributed by atoms with Crippen LogP contribution in [-0.4, -0.2) is 4.48 Å². The molecule has 0 rings (SSSR count). The van der Waals surface area contributed by atoms with E-state index < -0.39 is 0 Å². The Kier molecular flexibility index (Phi) is 3.87. The van der Waals surface area contributed by atoms with Crippen LogP contribution in [0.3, 0.4) is 0 Å². The lowest BCUT2D eigenvalue weighted by molar-refractivity contribution is -0.806. The van der Waals surface area contributed by atoms with Crippen LogP contribution in [0.2, 0.25) is 0 Å². The summed E-state index contributed by atoms with van der Waals surface area (Å²) in [4.78, 5) is 0. The molecular weight excluding hydrogens is 118 g/mol. The molecule has 0 amide bonds. The topological polar surface area (TPSA) is 0 Å². The summed E-state index contributed by atoms with van der Waals surface area (Å²) in [5.41, 5.74) is 0. The van der Waals surface area contributed by atoms with Crippen LogP contribution in [0.4, 0.5) is 0 Å². The van der Waals surface area contributed by atoms with E-state index in [0.29, 0.717) is 0 Å². The molecule has 0 spiro atoms. The Morgan fingerprint density at radius 3 is 0.889 bits per heavy atom. The van der Waals surface area contributed by atoms with E-state index >= 15 is 0 Å². The van der Waals surface area contributed by atoms with Gasteiger partial charge in [-0.15, -0.1) is 0 Å². The number of rotatable bonds is 4. The van der Waals surface area contributed by atoms with Gasteiger partial charge in [-0.3, -0.25) is 4.48 Å². The zero-order valence-electron chi connectivity index (χ0n) is 6.45. The van der Waals surface area contributed by atoms with Gasteiger partial charge in [0.1, 0.15) is 0 Å². The van der Waals surface area contributed by atoms with Crippen LogP contribution >= 0.6 is 0 Å². The molecule has 0 unspecified atom stereocenters. The van der Waals surface area contributed by atoms with E-state index in [4.69, 9.17) is 0 Å². The van der Waals surface area contributed by atoms with Crippen molar-refractivity contribution in [2.75, 3.05) is 0 Å². The Hall–Kier alpha value is -0.0400. The average Bonchev–Trinajstić information content (AvgIpc) is 1.95. The van der Waals surface area contributed by atoms with Gasteiger partial charge in [-0.1, -0.05) is 0 Å². The molecule has 8 radical (unpaired) electrons. The lowest BCUT2D eigenvalue weighted by atomic mass is 11.2. The summed E-state index contributed by atoms with van der Waals surface area (Å²) in [6.45, 7) is 19.2. The van der Waals surface area contributed by atoms with Gasteiger partial charge in [-0.05, 0) is 0 Å². The summed E-state index contributed by atoms with van der Waals surface area (Å²) in [6, 6.07) is 0. The van der Waals surface area contributed by atoms with Crippen molar-refractivity contribution in [1.29, 1.82) is 0 Å². The summed E-state index contributed by atoms with van der Waals surface area (Å²) in [7, 11) is 0. The summed E-state index contributed by atoms with van der Waals surface area (Å²) in [5, 5.41) is 0. The zero-order valence-corrected chi connectivity index (χ0v) is 6.45. The first kappa shape index (κ1) is 8.96. The smallest absolute Gasteiger partial charge is 0.221 e. The Bertz CT molecular complexity index is 47.5. The highest BCUT2D eigenvalue weighted by Gasteiger charge is 2.26. The standard InChI is InChI=1S/C8H12N/c1-5-9(6-2,7-3)8-4/h1-4H3/q+1/i5+2,6+2,7+2,8+2. The van der Waals surface area contributed by atoms with Crippen molar-refractivity contribution in [3.8, 4) is 0 Å². The molecule has 0 atom stereocenters. The molecule has 0 heterocycles. The number of hydrogen-bond donors (Lipinski definition) is 0. The highest BCUT2D eigenvalue weighted by atomic mass is 16.1. The van der Waals surface area contributed by atoms with Gasteiger partial charge in [0, 0.05) is 27.7 Å². The summed E-state index contributed by atoms with van der Waals surface area (Å²) in [5.74, 6) is 0. The molecule has 1 heteroatoms. The highest BCUT2D eigenvalue weighted by Crippen LogP contribution is 2.17. The zero-order chi connectivity index (χ0) is 7.33. The molecule has 9 heavy (non-hydrogen) atoms. The highest BCUT2D eigenvalue weighted by molar-refractivity contribution is 4.63. The minimum atomic E-state index is 0.278. The number of nitrogens with zero attached hydrogens (tertiary/aromatic N) is 1. The van der Waals surface area contributed by atoms with Crippen molar-refractivity contribution >= 4 is 0 Å². The van der Waals surface area contributed by atoms with Crippen LogP contribution in [0.5, 0.6) is 0 Å².